The summed E-state index contributed by atoms with van der Waals surface area (Å²) in [7, 11) is 0. The first-order valence-electron chi connectivity index (χ1n) is 6.29. The fourth-order valence-corrected chi connectivity index (χ4v) is 2.45. The molecule has 1 nitrogen and oxygen atoms in total. The molecule has 14 heavy (non-hydrogen) atoms. The van der Waals surface area contributed by atoms with Gasteiger partial charge < -0.3 is 5.32 Å². The zero-order chi connectivity index (χ0) is 10.7. The van der Waals surface area contributed by atoms with E-state index in [-0.39, 0.29) is 0 Å². The molecule has 1 aliphatic carbocycles. The monoisotopic (exact) mass is 197 g/mol. The SMILES string of the molecule is CCCNC1(CC)CCC(C)(C)CC1. The Morgan fingerprint density at radius 3 is 2.00 bits per heavy atom. The van der Waals surface area contributed by atoms with Crippen molar-refractivity contribution < 1.29 is 0 Å². The minimum absolute atomic E-state index is 0.478. The Morgan fingerprint density at radius 2 is 1.57 bits per heavy atom. The Balaban J connectivity index is 2.48. The third-order valence-corrected chi connectivity index (χ3v) is 3.99. The van der Waals surface area contributed by atoms with Crippen molar-refractivity contribution in [3.8, 4) is 0 Å². The molecule has 0 aromatic carbocycles. The predicted octanol–water partition coefficient (Wildman–Crippen LogP) is 3.74. The second-order valence-corrected chi connectivity index (χ2v) is 5.72. The van der Waals surface area contributed by atoms with Crippen LogP contribution in [0.4, 0.5) is 0 Å². The Morgan fingerprint density at radius 1 is 1.00 bits per heavy atom. The molecule has 0 heterocycles. The number of rotatable bonds is 4. The fourth-order valence-electron chi connectivity index (χ4n) is 2.45. The van der Waals surface area contributed by atoms with E-state index in [4.69, 9.17) is 0 Å². The molecule has 84 valence electrons. The molecule has 0 radical (unpaired) electrons. The Hall–Kier alpha value is -0.0400. The topological polar surface area (TPSA) is 12.0 Å². The van der Waals surface area contributed by atoms with E-state index in [1.54, 1.807) is 0 Å². The van der Waals surface area contributed by atoms with E-state index >= 15 is 0 Å². The molecule has 1 heteroatoms. The highest BCUT2D eigenvalue weighted by Gasteiger charge is 2.36. The van der Waals surface area contributed by atoms with Crippen molar-refractivity contribution in [2.24, 2.45) is 5.41 Å². The van der Waals surface area contributed by atoms with Gasteiger partial charge in [-0.15, -0.1) is 0 Å². The smallest absolute Gasteiger partial charge is 0.0179 e. The van der Waals surface area contributed by atoms with Crippen LogP contribution in [0.15, 0.2) is 0 Å². The average Bonchev–Trinajstić information content (AvgIpc) is 2.18. The minimum atomic E-state index is 0.478. The van der Waals surface area contributed by atoms with E-state index in [9.17, 15) is 0 Å². The maximum Gasteiger partial charge on any atom is 0.0179 e. The zero-order valence-corrected chi connectivity index (χ0v) is 10.4. The van der Waals surface area contributed by atoms with E-state index in [0.717, 1.165) is 0 Å². The van der Waals surface area contributed by atoms with Gasteiger partial charge in [0.05, 0.1) is 0 Å². The summed E-state index contributed by atoms with van der Waals surface area (Å²) in [4.78, 5) is 0. The lowest BCUT2D eigenvalue weighted by Gasteiger charge is -2.44. The molecule has 1 aliphatic rings. The first kappa shape index (κ1) is 12.0. The van der Waals surface area contributed by atoms with Gasteiger partial charge in [0.2, 0.25) is 0 Å². The highest BCUT2D eigenvalue weighted by molar-refractivity contribution is 4.94. The van der Waals surface area contributed by atoms with Gasteiger partial charge in [0.25, 0.3) is 0 Å². The summed E-state index contributed by atoms with van der Waals surface area (Å²) in [5.74, 6) is 0. The van der Waals surface area contributed by atoms with Crippen molar-refractivity contribution in [1.82, 2.24) is 5.32 Å². The van der Waals surface area contributed by atoms with Gasteiger partial charge in [-0.3, -0.25) is 0 Å². The lowest BCUT2D eigenvalue weighted by Crippen LogP contribution is -2.48. The number of hydrogen-bond acceptors (Lipinski definition) is 1. The van der Waals surface area contributed by atoms with Crippen LogP contribution in [0.1, 0.15) is 66.2 Å². The van der Waals surface area contributed by atoms with E-state index < -0.39 is 0 Å². The standard InChI is InChI=1S/C13H27N/c1-5-11-14-13(6-2)9-7-12(3,4)8-10-13/h14H,5-11H2,1-4H3. The van der Waals surface area contributed by atoms with Crippen LogP contribution in [0.25, 0.3) is 0 Å². The van der Waals surface area contributed by atoms with Crippen molar-refractivity contribution in [3.63, 3.8) is 0 Å². The molecule has 0 saturated heterocycles. The zero-order valence-electron chi connectivity index (χ0n) is 10.4. The van der Waals surface area contributed by atoms with Crippen LogP contribution in [-0.4, -0.2) is 12.1 Å². The molecule has 0 spiro atoms. The Bertz CT molecular complexity index is 162. The molecule has 0 atom stereocenters. The summed E-state index contributed by atoms with van der Waals surface area (Å²) in [6.45, 7) is 10.6. The highest BCUT2D eigenvalue weighted by atomic mass is 15.0. The first-order chi connectivity index (χ1) is 6.54. The minimum Gasteiger partial charge on any atom is -0.311 e. The molecule has 0 aromatic rings. The lowest BCUT2D eigenvalue weighted by molar-refractivity contribution is 0.131. The second-order valence-electron chi connectivity index (χ2n) is 5.72. The van der Waals surface area contributed by atoms with Crippen LogP contribution < -0.4 is 5.32 Å². The summed E-state index contributed by atoms with van der Waals surface area (Å²) in [6, 6.07) is 0. The maximum absolute atomic E-state index is 3.77. The second kappa shape index (κ2) is 4.65. The summed E-state index contributed by atoms with van der Waals surface area (Å²) in [5.41, 5.74) is 1.07. The first-order valence-corrected chi connectivity index (χ1v) is 6.29. The van der Waals surface area contributed by atoms with Crippen LogP contribution >= 0.6 is 0 Å². The summed E-state index contributed by atoms with van der Waals surface area (Å²) >= 11 is 0. The van der Waals surface area contributed by atoms with Crippen LogP contribution in [-0.2, 0) is 0 Å². The highest BCUT2D eigenvalue weighted by Crippen LogP contribution is 2.41. The quantitative estimate of drug-likeness (QED) is 0.724. The van der Waals surface area contributed by atoms with Gasteiger partial charge >= 0.3 is 0 Å². The molecule has 1 saturated carbocycles. The van der Waals surface area contributed by atoms with Crippen LogP contribution in [0, 0.1) is 5.41 Å². The molecule has 0 amide bonds. The van der Waals surface area contributed by atoms with Gasteiger partial charge in [-0.05, 0) is 50.5 Å². The van der Waals surface area contributed by atoms with Crippen molar-refractivity contribution in [2.45, 2.75) is 71.8 Å². The van der Waals surface area contributed by atoms with Gasteiger partial charge in [-0.25, -0.2) is 0 Å². The van der Waals surface area contributed by atoms with Crippen molar-refractivity contribution >= 4 is 0 Å². The normalized spacial score (nSPS) is 24.9. The molecular formula is C13H27N. The van der Waals surface area contributed by atoms with Crippen molar-refractivity contribution in [3.05, 3.63) is 0 Å². The third-order valence-electron chi connectivity index (χ3n) is 3.99. The number of nitrogens with one attached hydrogen (secondary N) is 1. The van der Waals surface area contributed by atoms with Crippen LogP contribution in [0.2, 0.25) is 0 Å². The molecule has 0 aliphatic heterocycles. The molecule has 1 rings (SSSR count). The predicted molar refractivity (Wildman–Crippen MR) is 63.6 cm³/mol. The molecule has 1 N–H and O–H groups in total. The van der Waals surface area contributed by atoms with Gasteiger partial charge in [0.15, 0.2) is 0 Å². The molecule has 0 bridgehead atoms. The number of hydrogen-bond donors (Lipinski definition) is 1. The summed E-state index contributed by atoms with van der Waals surface area (Å²) in [5, 5.41) is 3.77. The summed E-state index contributed by atoms with van der Waals surface area (Å²) < 4.78 is 0. The van der Waals surface area contributed by atoms with Crippen LogP contribution in [0.5, 0.6) is 0 Å². The maximum atomic E-state index is 3.77. The van der Waals surface area contributed by atoms with E-state index in [2.05, 4.69) is 33.0 Å². The third kappa shape index (κ3) is 2.98. The van der Waals surface area contributed by atoms with E-state index in [1.807, 2.05) is 0 Å². The van der Waals surface area contributed by atoms with Gasteiger partial charge in [0.1, 0.15) is 0 Å². The van der Waals surface area contributed by atoms with Gasteiger partial charge in [0, 0.05) is 5.54 Å². The van der Waals surface area contributed by atoms with E-state index in [0.29, 0.717) is 11.0 Å². The van der Waals surface area contributed by atoms with E-state index in [1.165, 1.54) is 45.1 Å². The lowest BCUT2D eigenvalue weighted by atomic mass is 9.68. The molecule has 1 fully saturated rings. The van der Waals surface area contributed by atoms with Crippen molar-refractivity contribution in [1.29, 1.82) is 0 Å². The van der Waals surface area contributed by atoms with Gasteiger partial charge in [-0.2, -0.15) is 0 Å². The molecular weight excluding hydrogens is 170 g/mol. The Kier molecular flexibility index (Phi) is 4.00. The average molecular weight is 197 g/mol. The fraction of sp³-hybridized carbons (Fsp3) is 1.00. The largest absolute Gasteiger partial charge is 0.311 e. The molecule has 0 aromatic heterocycles. The van der Waals surface area contributed by atoms with Crippen molar-refractivity contribution in [2.75, 3.05) is 6.54 Å². The summed E-state index contributed by atoms with van der Waals surface area (Å²) in [6.07, 6.45) is 8.07. The van der Waals surface area contributed by atoms with Gasteiger partial charge in [-0.1, -0.05) is 27.7 Å². The molecule has 0 unspecified atom stereocenters. The Labute approximate surface area is 89.7 Å². The van der Waals surface area contributed by atoms with Crippen LogP contribution in [0.3, 0.4) is 0 Å².